The first-order chi connectivity index (χ1) is 12.6. The predicted octanol–water partition coefficient (Wildman–Crippen LogP) is 2.49. The van der Waals surface area contributed by atoms with E-state index >= 15 is 0 Å². The summed E-state index contributed by atoms with van der Waals surface area (Å²) in [4.78, 5) is 15.0. The number of carbonyl (C=O) groups excluding carboxylic acids is 1. The van der Waals surface area contributed by atoms with Gasteiger partial charge in [0.15, 0.2) is 11.6 Å². The molecule has 1 saturated heterocycles. The zero-order valence-corrected chi connectivity index (χ0v) is 15.7. The second kappa shape index (κ2) is 8.53. The molecule has 1 atom stereocenters. The molecule has 7 nitrogen and oxygen atoms in total. The van der Waals surface area contributed by atoms with E-state index in [1.54, 1.807) is 19.2 Å². The maximum atomic E-state index is 13.2. The van der Waals surface area contributed by atoms with Crippen molar-refractivity contribution in [1.82, 2.24) is 15.4 Å². The van der Waals surface area contributed by atoms with Gasteiger partial charge in [0.1, 0.15) is 5.56 Å². The minimum atomic E-state index is -0.0931. The van der Waals surface area contributed by atoms with E-state index in [2.05, 4.69) is 22.7 Å². The van der Waals surface area contributed by atoms with Gasteiger partial charge in [-0.05, 0) is 31.2 Å². The molecule has 0 aliphatic carbocycles. The van der Waals surface area contributed by atoms with Gasteiger partial charge in [-0.1, -0.05) is 16.8 Å². The highest BCUT2D eigenvalue weighted by molar-refractivity contribution is 6.30. The van der Waals surface area contributed by atoms with E-state index in [1.807, 2.05) is 17.0 Å². The topological polar surface area (TPSA) is 79.6 Å². The number of benzene rings is 1. The van der Waals surface area contributed by atoms with Gasteiger partial charge in [0.05, 0.1) is 6.61 Å². The molecule has 3 rings (SSSR count). The number of nitrogens with one attached hydrogen (secondary N) is 2. The smallest absolute Gasteiger partial charge is 0.261 e. The van der Waals surface area contributed by atoms with E-state index in [9.17, 15) is 4.79 Å². The van der Waals surface area contributed by atoms with Crippen LogP contribution in [0.4, 0.5) is 5.82 Å². The van der Waals surface area contributed by atoms with Gasteiger partial charge in [-0.25, -0.2) is 0 Å². The summed E-state index contributed by atoms with van der Waals surface area (Å²) in [6.45, 7) is 5.14. The molecular formula is C18H23ClN4O3. The molecule has 1 aromatic heterocycles. The third-order valence-corrected chi connectivity index (χ3v) is 4.52. The van der Waals surface area contributed by atoms with Crippen LogP contribution in [0.2, 0.25) is 5.02 Å². The average molecular weight is 379 g/mol. The van der Waals surface area contributed by atoms with Crippen LogP contribution < -0.4 is 10.6 Å². The molecule has 1 aliphatic rings. The number of anilines is 1. The molecule has 2 N–H and O–H groups in total. The van der Waals surface area contributed by atoms with Crippen LogP contribution in [0, 0.1) is 0 Å². The summed E-state index contributed by atoms with van der Waals surface area (Å²) in [6, 6.07) is 7.41. The fraction of sp³-hybridized carbons (Fsp3) is 0.444. The van der Waals surface area contributed by atoms with Crippen LogP contribution in [0.25, 0.3) is 11.3 Å². The largest absolute Gasteiger partial charge is 0.383 e. The molecule has 8 heteroatoms. The fourth-order valence-electron chi connectivity index (χ4n) is 2.95. The summed E-state index contributed by atoms with van der Waals surface area (Å²) in [5, 5.41) is 11.2. The SMILES string of the molecule is COCCNc1noc(-c2ccc(Cl)cc2)c1C(=O)N1CCN[C@H](C)C1. The van der Waals surface area contributed by atoms with E-state index in [1.165, 1.54) is 0 Å². The Morgan fingerprint density at radius 3 is 2.92 bits per heavy atom. The molecule has 0 bridgehead atoms. The number of hydrogen-bond acceptors (Lipinski definition) is 6. The fourth-order valence-corrected chi connectivity index (χ4v) is 3.08. The summed E-state index contributed by atoms with van der Waals surface area (Å²) in [7, 11) is 1.62. The maximum Gasteiger partial charge on any atom is 0.261 e. The lowest BCUT2D eigenvalue weighted by Crippen LogP contribution is -2.51. The Morgan fingerprint density at radius 1 is 1.46 bits per heavy atom. The molecule has 1 aliphatic heterocycles. The molecule has 140 valence electrons. The van der Waals surface area contributed by atoms with E-state index in [0.717, 1.165) is 12.1 Å². The Bertz CT molecular complexity index is 747. The molecule has 1 amide bonds. The molecule has 0 unspecified atom stereocenters. The number of rotatable bonds is 6. The minimum absolute atomic E-state index is 0.0931. The first-order valence-corrected chi connectivity index (χ1v) is 8.99. The van der Waals surface area contributed by atoms with Crippen molar-refractivity contribution in [3.63, 3.8) is 0 Å². The first-order valence-electron chi connectivity index (χ1n) is 8.61. The number of halogens is 1. The van der Waals surface area contributed by atoms with Crippen molar-refractivity contribution in [3.05, 3.63) is 34.9 Å². The van der Waals surface area contributed by atoms with Crippen molar-refractivity contribution < 1.29 is 14.1 Å². The molecule has 2 aromatic rings. The van der Waals surface area contributed by atoms with Gasteiger partial charge in [0, 0.05) is 49.9 Å². The first kappa shape index (κ1) is 18.7. The van der Waals surface area contributed by atoms with E-state index < -0.39 is 0 Å². The summed E-state index contributed by atoms with van der Waals surface area (Å²) in [6.07, 6.45) is 0. The van der Waals surface area contributed by atoms with E-state index in [0.29, 0.717) is 48.4 Å². The second-order valence-electron chi connectivity index (χ2n) is 6.27. The van der Waals surface area contributed by atoms with Crippen molar-refractivity contribution in [2.75, 3.05) is 45.2 Å². The molecular weight excluding hydrogens is 356 g/mol. The molecule has 2 heterocycles. The van der Waals surface area contributed by atoms with Gasteiger partial charge in [-0.3, -0.25) is 4.79 Å². The van der Waals surface area contributed by atoms with Crippen LogP contribution in [-0.2, 0) is 4.74 Å². The normalized spacial score (nSPS) is 17.3. The van der Waals surface area contributed by atoms with Crippen molar-refractivity contribution in [1.29, 1.82) is 0 Å². The van der Waals surface area contributed by atoms with Crippen LogP contribution in [-0.4, -0.2) is 61.9 Å². The van der Waals surface area contributed by atoms with Crippen molar-refractivity contribution in [3.8, 4) is 11.3 Å². The highest BCUT2D eigenvalue weighted by Crippen LogP contribution is 2.31. The Hall–Kier alpha value is -2.09. The minimum Gasteiger partial charge on any atom is -0.383 e. The van der Waals surface area contributed by atoms with Crippen LogP contribution in [0.3, 0.4) is 0 Å². The molecule has 1 fully saturated rings. The molecule has 26 heavy (non-hydrogen) atoms. The zero-order chi connectivity index (χ0) is 18.5. The molecule has 1 aromatic carbocycles. The Morgan fingerprint density at radius 2 is 2.23 bits per heavy atom. The standard InChI is InChI=1S/C18H23ClN4O3/c1-12-11-23(9-7-20-12)18(24)15-16(13-3-5-14(19)6-4-13)26-22-17(15)21-8-10-25-2/h3-6,12,20H,7-11H2,1-2H3,(H,21,22)/t12-/m1/s1. The summed E-state index contributed by atoms with van der Waals surface area (Å²) in [5.41, 5.74) is 1.20. The number of carbonyl (C=O) groups is 1. The van der Waals surface area contributed by atoms with Gasteiger partial charge in [-0.2, -0.15) is 0 Å². The number of hydrogen-bond donors (Lipinski definition) is 2. The number of amides is 1. The van der Waals surface area contributed by atoms with E-state index in [-0.39, 0.29) is 11.9 Å². The number of aromatic nitrogens is 1. The third kappa shape index (κ3) is 4.17. The Kier molecular flexibility index (Phi) is 6.13. The Balaban J connectivity index is 1.94. The third-order valence-electron chi connectivity index (χ3n) is 4.27. The van der Waals surface area contributed by atoms with Crippen LogP contribution >= 0.6 is 11.6 Å². The zero-order valence-electron chi connectivity index (χ0n) is 14.9. The van der Waals surface area contributed by atoms with Gasteiger partial charge in [0.2, 0.25) is 0 Å². The lowest BCUT2D eigenvalue weighted by Gasteiger charge is -2.31. The van der Waals surface area contributed by atoms with Crippen LogP contribution in [0.5, 0.6) is 0 Å². The highest BCUT2D eigenvalue weighted by atomic mass is 35.5. The number of piperazine rings is 1. The summed E-state index contributed by atoms with van der Waals surface area (Å²) < 4.78 is 10.6. The quantitative estimate of drug-likeness (QED) is 0.752. The number of ether oxygens (including phenoxy) is 1. The molecule has 0 saturated carbocycles. The summed E-state index contributed by atoms with van der Waals surface area (Å²) in [5.74, 6) is 0.783. The van der Waals surface area contributed by atoms with Crippen LogP contribution in [0.1, 0.15) is 17.3 Å². The lowest BCUT2D eigenvalue weighted by atomic mass is 10.1. The predicted molar refractivity (Wildman–Crippen MR) is 101 cm³/mol. The maximum absolute atomic E-state index is 13.2. The lowest BCUT2D eigenvalue weighted by molar-refractivity contribution is 0.0710. The van der Waals surface area contributed by atoms with E-state index in [4.69, 9.17) is 20.9 Å². The van der Waals surface area contributed by atoms with Crippen molar-refractivity contribution >= 4 is 23.3 Å². The van der Waals surface area contributed by atoms with Gasteiger partial charge in [0.25, 0.3) is 5.91 Å². The second-order valence-corrected chi connectivity index (χ2v) is 6.70. The molecule has 0 radical (unpaired) electrons. The van der Waals surface area contributed by atoms with Gasteiger partial charge >= 0.3 is 0 Å². The van der Waals surface area contributed by atoms with Gasteiger partial charge < -0.3 is 24.8 Å². The average Bonchev–Trinajstić information content (AvgIpc) is 3.06. The van der Waals surface area contributed by atoms with Crippen molar-refractivity contribution in [2.45, 2.75) is 13.0 Å². The number of methoxy groups -OCH3 is 1. The van der Waals surface area contributed by atoms with Crippen LogP contribution in [0.15, 0.2) is 28.8 Å². The van der Waals surface area contributed by atoms with Gasteiger partial charge in [-0.15, -0.1) is 0 Å². The van der Waals surface area contributed by atoms with Crippen molar-refractivity contribution in [2.24, 2.45) is 0 Å². The monoisotopic (exact) mass is 378 g/mol. The Labute approximate surface area is 157 Å². The highest BCUT2D eigenvalue weighted by Gasteiger charge is 2.30. The molecule has 0 spiro atoms. The summed E-state index contributed by atoms with van der Waals surface area (Å²) >= 11 is 5.97. The number of nitrogens with zero attached hydrogens (tertiary/aromatic N) is 2.